The molecule has 0 unspecified atom stereocenters. The number of terminal acetylenes is 1. The molecule has 3 aromatic heterocycles. The van der Waals surface area contributed by atoms with Crippen LogP contribution < -0.4 is 22.9 Å². The molecule has 0 amide bonds. The summed E-state index contributed by atoms with van der Waals surface area (Å²) in [5.74, 6) is 8.55. The first-order valence-corrected chi connectivity index (χ1v) is 14.1. The fourth-order valence-electron chi connectivity index (χ4n) is 2.86. The predicted molar refractivity (Wildman–Crippen MR) is 191 cm³/mol. The van der Waals surface area contributed by atoms with Gasteiger partial charge in [0.05, 0.1) is 36.3 Å². The maximum absolute atomic E-state index is 5.55. The number of halogens is 1. The Morgan fingerprint density at radius 2 is 1.41 bits per heavy atom. The van der Waals surface area contributed by atoms with Crippen LogP contribution in [0, 0.1) is 24.2 Å². The van der Waals surface area contributed by atoms with Crippen LogP contribution in [0.25, 0.3) is 0 Å². The molecule has 0 aliphatic heterocycles. The molecular weight excluding hydrogens is 618 g/mol. The smallest absolute Gasteiger partial charge is 0.191 e. The summed E-state index contributed by atoms with van der Waals surface area (Å²) in [5.41, 5.74) is 25.6. The molecule has 0 atom stereocenters. The van der Waals surface area contributed by atoms with Gasteiger partial charge in [-0.3, -0.25) is 24.8 Å². The quantitative estimate of drug-likeness (QED) is 0.167. The Bertz CT molecular complexity index is 1300. The normalized spacial score (nSPS) is 9.39. The van der Waals surface area contributed by atoms with Crippen molar-refractivity contribution in [3.05, 3.63) is 71.0 Å². The molecule has 3 rings (SSSR count). The first-order chi connectivity index (χ1) is 20.3. The van der Waals surface area contributed by atoms with E-state index in [1.165, 1.54) is 0 Å². The van der Waals surface area contributed by atoms with Crippen molar-refractivity contribution in [1.82, 2.24) is 29.7 Å². The van der Waals surface area contributed by atoms with Gasteiger partial charge in [-0.1, -0.05) is 25.2 Å². The van der Waals surface area contributed by atoms with E-state index in [4.69, 9.17) is 29.4 Å². The highest BCUT2D eigenvalue weighted by molar-refractivity contribution is 9.10. The van der Waals surface area contributed by atoms with E-state index in [9.17, 15) is 0 Å². The van der Waals surface area contributed by atoms with Crippen LogP contribution in [-0.2, 0) is 6.42 Å². The third kappa shape index (κ3) is 25.5. The summed E-state index contributed by atoms with van der Waals surface area (Å²) in [6, 6.07) is 5.57. The van der Waals surface area contributed by atoms with Gasteiger partial charge in [0.25, 0.3) is 0 Å². The third-order valence-corrected chi connectivity index (χ3v) is 5.06. The molecule has 44 heavy (non-hydrogen) atoms. The number of nitrogens with two attached hydrogens (primary N) is 4. The van der Waals surface area contributed by atoms with Crippen LogP contribution >= 0.6 is 15.9 Å². The average molecular weight is 669 g/mol. The summed E-state index contributed by atoms with van der Waals surface area (Å²) >= 11 is 3.22. The minimum atomic E-state index is 0. The molecule has 3 aromatic rings. The van der Waals surface area contributed by atoms with Crippen molar-refractivity contribution in [3.8, 4) is 24.2 Å². The number of aromatic nitrogens is 3. The minimum absolute atomic E-state index is 0. The van der Waals surface area contributed by atoms with E-state index >= 15 is 0 Å². The van der Waals surface area contributed by atoms with Crippen molar-refractivity contribution in [1.29, 1.82) is 0 Å². The van der Waals surface area contributed by atoms with Gasteiger partial charge in [0.15, 0.2) is 5.96 Å². The van der Waals surface area contributed by atoms with E-state index in [0.29, 0.717) is 17.1 Å². The van der Waals surface area contributed by atoms with E-state index in [2.05, 4.69) is 72.6 Å². The van der Waals surface area contributed by atoms with E-state index in [1.54, 1.807) is 37.1 Å². The van der Waals surface area contributed by atoms with Crippen molar-refractivity contribution in [2.45, 2.75) is 20.3 Å². The molecule has 12 heteroatoms. The standard InChI is InChI=1S/C11H19N5.C10H13N3.C5H5BrN2.C5H9N.CH4/c1-16(2)5-3-4-9-6-10(8-14-7-9)15-11(12)13;1-13(2)5-3-4-9-6-10(11)8-12-7-9;6-4-1-5(7)3-8-2-4;1-4-5-6(2)3;/h6-8H,3-5H2,1-2H3,(H4,12,13,15);6-8H,5,11H2,1-2H3;1-3H,7H2;1H,5H2,2-3H3;1H4. The Morgan fingerprint density at radius 3 is 1.86 bits per heavy atom. The molecule has 8 N–H and O–H groups in total. The van der Waals surface area contributed by atoms with Gasteiger partial charge in [-0.25, -0.2) is 4.99 Å². The van der Waals surface area contributed by atoms with Crippen LogP contribution in [0.15, 0.2) is 64.8 Å². The fourth-order valence-corrected chi connectivity index (χ4v) is 3.24. The Labute approximate surface area is 273 Å². The van der Waals surface area contributed by atoms with Crippen LogP contribution in [0.5, 0.6) is 0 Å². The summed E-state index contributed by atoms with van der Waals surface area (Å²) in [5, 5.41) is 0. The van der Waals surface area contributed by atoms with E-state index in [0.717, 1.165) is 48.1 Å². The largest absolute Gasteiger partial charge is 0.397 e. The Kier molecular flexibility index (Phi) is 24.1. The molecule has 0 fully saturated rings. The highest BCUT2D eigenvalue weighted by atomic mass is 79.9. The molecule has 0 radical (unpaired) electrons. The number of anilines is 2. The number of hydrogen-bond donors (Lipinski definition) is 4. The lowest BCUT2D eigenvalue weighted by Crippen LogP contribution is -2.21. The van der Waals surface area contributed by atoms with Crippen LogP contribution in [-0.4, -0.2) is 97.5 Å². The molecule has 0 aromatic carbocycles. The average Bonchev–Trinajstić information content (AvgIpc) is 2.89. The van der Waals surface area contributed by atoms with Gasteiger partial charge in [-0.2, -0.15) is 0 Å². The van der Waals surface area contributed by atoms with Crippen LogP contribution in [0.2, 0.25) is 0 Å². The zero-order valence-corrected chi connectivity index (χ0v) is 27.7. The van der Waals surface area contributed by atoms with Crippen LogP contribution in [0.4, 0.5) is 17.1 Å². The molecule has 0 aliphatic carbocycles. The number of guanidine groups is 1. The lowest BCUT2D eigenvalue weighted by Gasteiger charge is -2.08. The number of aliphatic imine (C=N–C) groups is 1. The highest BCUT2D eigenvalue weighted by Gasteiger charge is 1.98. The van der Waals surface area contributed by atoms with Crippen LogP contribution in [0.3, 0.4) is 0 Å². The minimum Gasteiger partial charge on any atom is -0.397 e. The second-order valence-corrected chi connectivity index (χ2v) is 10.8. The summed E-state index contributed by atoms with van der Waals surface area (Å²) < 4.78 is 0.914. The number of pyridine rings is 3. The zero-order chi connectivity index (χ0) is 32.6. The Balaban J connectivity index is 0. The number of nitrogens with zero attached hydrogens (tertiary/aromatic N) is 7. The summed E-state index contributed by atoms with van der Waals surface area (Å²) in [4.78, 5) is 21.9. The molecular formula is C32H50BrN11. The molecule has 0 saturated carbocycles. The molecule has 0 spiro atoms. The monoisotopic (exact) mass is 667 g/mol. The summed E-state index contributed by atoms with van der Waals surface area (Å²) in [6.45, 7) is 2.54. The van der Waals surface area contributed by atoms with Gasteiger partial charge in [-0.15, -0.1) is 6.42 Å². The maximum atomic E-state index is 5.55. The summed E-state index contributed by atoms with van der Waals surface area (Å²) in [6.07, 6.45) is 17.1. The van der Waals surface area contributed by atoms with Crippen molar-refractivity contribution in [3.63, 3.8) is 0 Å². The molecule has 11 nitrogen and oxygen atoms in total. The highest BCUT2D eigenvalue weighted by Crippen LogP contribution is 2.13. The van der Waals surface area contributed by atoms with E-state index in [-0.39, 0.29) is 13.4 Å². The van der Waals surface area contributed by atoms with Gasteiger partial charge in [0.1, 0.15) is 0 Å². The molecule has 0 bridgehead atoms. The van der Waals surface area contributed by atoms with Gasteiger partial charge >= 0.3 is 0 Å². The summed E-state index contributed by atoms with van der Waals surface area (Å²) in [7, 11) is 12.0. The number of aryl methyl sites for hydroxylation is 1. The third-order valence-electron chi connectivity index (χ3n) is 4.63. The van der Waals surface area contributed by atoms with Gasteiger partial charge in [-0.05, 0) is 101 Å². The Hall–Kier alpha value is -4.20. The lowest BCUT2D eigenvalue weighted by atomic mass is 10.1. The first-order valence-electron chi connectivity index (χ1n) is 13.3. The Morgan fingerprint density at radius 1 is 0.818 bits per heavy atom. The van der Waals surface area contributed by atoms with Gasteiger partial charge in [0.2, 0.25) is 0 Å². The number of rotatable bonds is 7. The lowest BCUT2D eigenvalue weighted by molar-refractivity contribution is 0.400. The molecule has 0 saturated heterocycles. The van der Waals surface area contributed by atoms with Crippen molar-refractivity contribution >= 4 is 39.0 Å². The molecule has 240 valence electrons. The fraction of sp³-hybridized carbons (Fsp3) is 0.375. The molecule has 0 aliphatic rings. The van der Waals surface area contributed by atoms with E-state index < -0.39 is 0 Å². The van der Waals surface area contributed by atoms with Crippen molar-refractivity contribution in [2.75, 3.05) is 73.4 Å². The van der Waals surface area contributed by atoms with Gasteiger partial charge in [0, 0.05) is 41.0 Å². The van der Waals surface area contributed by atoms with Crippen molar-refractivity contribution in [2.24, 2.45) is 16.5 Å². The predicted octanol–water partition coefficient (Wildman–Crippen LogP) is 3.30. The molecule has 3 heterocycles. The second kappa shape index (κ2) is 25.3. The van der Waals surface area contributed by atoms with Gasteiger partial charge < -0.3 is 27.8 Å². The first kappa shape index (κ1) is 41.9. The zero-order valence-electron chi connectivity index (χ0n) is 26.1. The van der Waals surface area contributed by atoms with E-state index in [1.807, 2.05) is 56.3 Å². The second-order valence-electron chi connectivity index (χ2n) is 9.92. The SMILES string of the molecule is C.C#CCN(C)C.CN(C)CC#Cc1cncc(N)c1.CN(C)CCCc1cncc(N=C(N)N)c1.Nc1cncc(Br)c1. The number of nitrogen functional groups attached to an aromatic ring is 2. The topological polar surface area (TPSA) is 165 Å². The van der Waals surface area contributed by atoms with Crippen LogP contribution in [0.1, 0.15) is 25.0 Å². The van der Waals surface area contributed by atoms with Crippen molar-refractivity contribution < 1.29 is 0 Å². The number of hydrogen-bond acceptors (Lipinski definition) is 9. The maximum Gasteiger partial charge on any atom is 0.191 e.